The van der Waals surface area contributed by atoms with E-state index in [1.54, 1.807) is 0 Å². The molecule has 0 aromatic carbocycles. The Kier molecular flexibility index (Phi) is 3.12. The van der Waals surface area contributed by atoms with Gasteiger partial charge in [0.25, 0.3) is 5.91 Å². The van der Waals surface area contributed by atoms with Crippen LogP contribution in [0.1, 0.15) is 35.1 Å². The van der Waals surface area contributed by atoms with Crippen molar-refractivity contribution in [2.45, 2.75) is 27.2 Å². The van der Waals surface area contributed by atoms with Crippen LogP contribution in [0.2, 0.25) is 0 Å². The number of carbonyl (C=O) groups is 1. The normalized spacial score (nSPS) is 10.1. The van der Waals surface area contributed by atoms with Crippen molar-refractivity contribution in [1.82, 2.24) is 10.3 Å². The predicted octanol–water partition coefficient (Wildman–Crippen LogP) is 1.77. The lowest BCUT2D eigenvalue weighted by Crippen LogP contribution is -2.24. The summed E-state index contributed by atoms with van der Waals surface area (Å²) in [6.07, 6.45) is 0.966. The maximum absolute atomic E-state index is 11.5. The zero-order valence-electron chi connectivity index (χ0n) is 8.40. The van der Waals surface area contributed by atoms with E-state index in [0.717, 1.165) is 29.9 Å². The Morgan fingerprint density at radius 3 is 2.69 bits per heavy atom. The zero-order valence-corrected chi connectivity index (χ0v) is 8.40. The largest absolute Gasteiger partial charge is 0.362 e. The predicted molar refractivity (Wildman–Crippen MR) is 52.9 cm³/mol. The first-order chi connectivity index (χ1) is 6.15. The SMILES string of the molecule is CCCNC(=O)c1cc(C)[nH]c1C. The molecule has 0 aliphatic rings. The van der Waals surface area contributed by atoms with Crippen molar-refractivity contribution in [2.75, 3.05) is 6.54 Å². The number of amides is 1. The van der Waals surface area contributed by atoms with Gasteiger partial charge in [-0.15, -0.1) is 0 Å². The van der Waals surface area contributed by atoms with Crippen LogP contribution < -0.4 is 5.32 Å². The minimum absolute atomic E-state index is 0.0173. The summed E-state index contributed by atoms with van der Waals surface area (Å²) in [4.78, 5) is 14.6. The molecule has 1 aromatic rings. The molecule has 1 aromatic heterocycles. The Balaban J connectivity index is 2.70. The van der Waals surface area contributed by atoms with Crippen LogP contribution in [0.3, 0.4) is 0 Å². The molecule has 72 valence electrons. The Hall–Kier alpha value is -1.25. The molecule has 0 fully saturated rings. The van der Waals surface area contributed by atoms with Crippen molar-refractivity contribution in [3.8, 4) is 0 Å². The highest BCUT2D eigenvalue weighted by Crippen LogP contribution is 2.08. The van der Waals surface area contributed by atoms with E-state index in [4.69, 9.17) is 0 Å². The highest BCUT2D eigenvalue weighted by Gasteiger charge is 2.09. The van der Waals surface area contributed by atoms with Gasteiger partial charge in [-0.1, -0.05) is 6.92 Å². The van der Waals surface area contributed by atoms with E-state index in [9.17, 15) is 4.79 Å². The Labute approximate surface area is 78.5 Å². The van der Waals surface area contributed by atoms with Gasteiger partial charge < -0.3 is 10.3 Å². The zero-order chi connectivity index (χ0) is 9.84. The lowest BCUT2D eigenvalue weighted by molar-refractivity contribution is 0.0953. The van der Waals surface area contributed by atoms with Crippen LogP contribution in [-0.2, 0) is 0 Å². The van der Waals surface area contributed by atoms with E-state index in [2.05, 4.69) is 10.3 Å². The molecule has 1 heterocycles. The molecule has 0 saturated heterocycles. The molecular formula is C10H16N2O. The van der Waals surface area contributed by atoms with Crippen LogP contribution in [0.25, 0.3) is 0 Å². The van der Waals surface area contributed by atoms with Gasteiger partial charge in [-0.2, -0.15) is 0 Å². The fraction of sp³-hybridized carbons (Fsp3) is 0.500. The second-order valence-electron chi connectivity index (χ2n) is 3.25. The molecule has 0 unspecified atom stereocenters. The molecule has 0 bridgehead atoms. The molecular weight excluding hydrogens is 164 g/mol. The van der Waals surface area contributed by atoms with E-state index in [-0.39, 0.29) is 5.91 Å². The summed E-state index contributed by atoms with van der Waals surface area (Å²) in [7, 11) is 0. The first-order valence-electron chi connectivity index (χ1n) is 4.59. The Morgan fingerprint density at radius 2 is 2.23 bits per heavy atom. The second kappa shape index (κ2) is 4.12. The average molecular weight is 180 g/mol. The van der Waals surface area contributed by atoms with E-state index in [0.29, 0.717) is 0 Å². The number of nitrogens with one attached hydrogen (secondary N) is 2. The van der Waals surface area contributed by atoms with E-state index in [1.165, 1.54) is 0 Å². The second-order valence-corrected chi connectivity index (χ2v) is 3.25. The topological polar surface area (TPSA) is 44.9 Å². The summed E-state index contributed by atoms with van der Waals surface area (Å²) in [5, 5.41) is 2.84. The number of rotatable bonds is 3. The molecule has 0 saturated carbocycles. The lowest BCUT2D eigenvalue weighted by atomic mass is 10.2. The molecule has 3 nitrogen and oxygen atoms in total. The molecule has 0 atom stereocenters. The van der Waals surface area contributed by atoms with Crippen LogP contribution in [0.4, 0.5) is 0 Å². The van der Waals surface area contributed by atoms with Crippen molar-refractivity contribution < 1.29 is 4.79 Å². The summed E-state index contributed by atoms with van der Waals surface area (Å²) in [6.45, 7) is 6.63. The fourth-order valence-electron chi connectivity index (χ4n) is 1.29. The third-order valence-electron chi connectivity index (χ3n) is 1.93. The quantitative estimate of drug-likeness (QED) is 0.731. The van der Waals surface area contributed by atoms with Crippen molar-refractivity contribution in [1.29, 1.82) is 0 Å². The lowest BCUT2D eigenvalue weighted by Gasteiger charge is -2.01. The highest BCUT2D eigenvalue weighted by atomic mass is 16.1. The molecule has 13 heavy (non-hydrogen) atoms. The maximum atomic E-state index is 11.5. The number of aromatic nitrogens is 1. The van der Waals surface area contributed by atoms with Crippen molar-refractivity contribution in [3.05, 3.63) is 23.0 Å². The van der Waals surface area contributed by atoms with E-state index in [1.807, 2.05) is 26.8 Å². The van der Waals surface area contributed by atoms with Crippen LogP contribution in [-0.4, -0.2) is 17.4 Å². The van der Waals surface area contributed by atoms with Crippen LogP contribution in [0.15, 0.2) is 6.07 Å². The number of aromatic amines is 1. The smallest absolute Gasteiger partial charge is 0.253 e. The molecule has 0 aliphatic heterocycles. The first kappa shape index (κ1) is 9.84. The van der Waals surface area contributed by atoms with E-state index < -0.39 is 0 Å². The van der Waals surface area contributed by atoms with Crippen molar-refractivity contribution in [3.63, 3.8) is 0 Å². The Morgan fingerprint density at radius 1 is 1.54 bits per heavy atom. The van der Waals surface area contributed by atoms with Gasteiger partial charge in [-0.3, -0.25) is 4.79 Å². The summed E-state index contributed by atoms with van der Waals surface area (Å²) < 4.78 is 0. The first-order valence-corrected chi connectivity index (χ1v) is 4.59. The third kappa shape index (κ3) is 2.34. The van der Waals surface area contributed by atoms with E-state index >= 15 is 0 Å². The monoisotopic (exact) mass is 180 g/mol. The summed E-state index contributed by atoms with van der Waals surface area (Å²) in [6, 6.07) is 1.88. The van der Waals surface area contributed by atoms with Crippen molar-refractivity contribution in [2.24, 2.45) is 0 Å². The molecule has 1 rings (SSSR count). The summed E-state index contributed by atoms with van der Waals surface area (Å²) in [5.41, 5.74) is 2.72. The van der Waals surface area contributed by atoms with Gasteiger partial charge >= 0.3 is 0 Å². The van der Waals surface area contributed by atoms with Gasteiger partial charge in [-0.05, 0) is 26.3 Å². The molecule has 3 heteroatoms. The van der Waals surface area contributed by atoms with Gasteiger partial charge in [0.1, 0.15) is 0 Å². The van der Waals surface area contributed by atoms with Gasteiger partial charge in [-0.25, -0.2) is 0 Å². The average Bonchev–Trinajstić information content (AvgIpc) is 2.41. The molecule has 2 N–H and O–H groups in total. The van der Waals surface area contributed by atoms with Gasteiger partial charge in [0.15, 0.2) is 0 Å². The minimum Gasteiger partial charge on any atom is -0.362 e. The van der Waals surface area contributed by atoms with Gasteiger partial charge in [0, 0.05) is 17.9 Å². The molecule has 0 spiro atoms. The van der Waals surface area contributed by atoms with Crippen molar-refractivity contribution >= 4 is 5.91 Å². The van der Waals surface area contributed by atoms with Crippen LogP contribution in [0, 0.1) is 13.8 Å². The summed E-state index contributed by atoms with van der Waals surface area (Å²) in [5.74, 6) is 0.0173. The van der Waals surface area contributed by atoms with Gasteiger partial charge in [0.05, 0.1) is 5.56 Å². The molecule has 0 aliphatic carbocycles. The van der Waals surface area contributed by atoms with Crippen LogP contribution >= 0.6 is 0 Å². The fourth-order valence-corrected chi connectivity index (χ4v) is 1.29. The standard InChI is InChI=1S/C10H16N2O/c1-4-5-11-10(13)9-6-7(2)12-8(9)3/h6,12H,4-5H2,1-3H3,(H,11,13). The highest BCUT2D eigenvalue weighted by molar-refractivity contribution is 5.95. The number of hydrogen-bond donors (Lipinski definition) is 2. The van der Waals surface area contributed by atoms with Gasteiger partial charge in [0.2, 0.25) is 0 Å². The molecule has 0 radical (unpaired) electrons. The Bertz CT molecular complexity index is 302. The maximum Gasteiger partial charge on any atom is 0.253 e. The third-order valence-corrected chi connectivity index (χ3v) is 1.93. The minimum atomic E-state index is 0.0173. The number of hydrogen-bond acceptors (Lipinski definition) is 1. The number of aryl methyl sites for hydroxylation is 2. The van der Waals surface area contributed by atoms with Crippen LogP contribution in [0.5, 0.6) is 0 Å². The number of carbonyl (C=O) groups excluding carboxylic acids is 1. The summed E-state index contributed by atoms with van der Waals surface area (Å²) >= 11 is 0. The molecule has 1 amide bonds. The number of H-pyrrole nitrogens is 1.